The van der Waals surface area contributed by atoms with Gasteiger partial charge in [-0.15, -0.1) is 11.3 Å². The third kappa shape index (κ3) is 4.63. The highest BCUT2D eigenvalue weighted by Gasteiger charge is 2.46. The smallest absolute Gasteiger partial charge is 0.295 e. The molecule has 2 heterocycles. The minimum absolute atomic E-state index is 0.0190. The maximum absolute atomic E-state index is 12.9. The lowest BCUT2D eigenvalue weighted by Crippen LogP contribution is -2.32. The second kappa shape index (κ2) is 9.53. The molecular formula is C22H27N3O5S2. The van der Waals surface area contributed by atoms with Crippen molar-refractivity contribution in [2.45, 2.75) is 17.4 Å². The van der Waals surface area contributed by atoms with E-state index < -0.39 is 27.8 Å². The predicted molar refractivity (Wildman–Crippen MR) is 124 cm³/mol. The first kappa shape index (κ1) is 24.1. The number of Topliss-reactive ketones (excluding diaryl/α,β-unsaturated/α-hetero) is 1. The summed E-state index contributed by atoms with van der Waals surface area (Å²) in [6.07, 6.45) is 0.680. The summed E-state index contributed by atoms with van der Waals surface area (Å²) in [6, 6.07) is 8.62. The van der Waals surface area contributed by atoms with Crippen LogP contribution < -0.4 is 0 Å². The van der Waals surface area contributed by atoms with Crippen LogP contribution >= 0.6 is 11.3 Å². The van der Waals surface area contributed by atoms with Crippen molar-refractivity contribution < 1.29 is 23.1 Å². The van der Waals surface area contributed by atoms with Gasteiger partial charge in [-0.25, -0.2) is 12.7 Å². The highest BCUT2D eigenvalue weighted by atomic mass is 32.2. The largest absolute Gasteiger partial charge is 0.507 e. The van der Waals surface area contributed by atoms with Gasteiger partial charge in [0.25, 0.3) is 11.7 Å². The number of carbonyl (C=O) groups excluding carboxylic acids is 2. The van der Waals surface area contributed by atoms with Crippen LogP contribution in [0.15, 0.2) is 52.2 Å². The van der Waals surface area contributed by atoms with Gasteiger partial charge in [0.2, 0.25) is 10.0 Å². The molecule has 1 atom stereocenters. The minimum Gasteiger partial charge on any atom is -0.507 e. The molecule has 32 heavy (non-hydrogen) atoms. The van der Waals surface area contributed by atoms with Crippen molar-refractivity contribution in [3.8, 4) is 0 Å². The zero-order chi connectivity index (χ0) is 23.6. The van der Waals surface area contributed by atoms with Crippen LogP contribution in [0.5, 0.6) is 0 Å². The normalized spacial score (nSPS) is 18.8. The molecule has 1 aromatic heterocycles. The van der Waals surface area contributed by atoms with Crippen LogP contribution in [0.2, 0.25) is 0 Å². The Bertz CT molecular complexity index is 1120. The second-order valence-corrected chi connectivity index (χ2v) is 11.1. The van der Waals surface area contributed by atoms with Gasteiger partial charge in [-0.1, -0.05) is 6.07 Å². The molecule has 0 saturated carbocycles. The molecule has 0 spiro atoms. The maximum Gasteiger partial charge on any atom is 0.295 e. The zero-order valence-electron chi connectivity index (χ0n) is 18.5. The molecule has 2 aromatic rings. The summed E-state index contributed by atoms with van der Waals surface area (Å²) in [7, 11) is 3.11. The van der Waals surface area contributed by atoms with Gasteiger partial charge < -0.3 is 14.9 Å². The number of likely N-dealkylation sites (tertiary alicyclic amines) is 1. The van der Waals surface area contributed by atoms with E-state index in [4.69, 9.17) is 0 Å². The molecule has 0 radical (unpaired) electrons. The monoisotopic (exact) mass is 477 g/mol. The van der Waals surface area contributed by atoms with Crippen molar-refractivity contribution in [3.05, 3.63) is 57.8 Å². The molecule has 1 amide bonds. The molecule has 1 aliphatic rings. The number of amides is 1. The lowest BCUT2D eigenvalue weighted by atomic mass is 10.00. The first-order valence-corrected chi connectivity index (χ1v) is 12.4. The van der Waals surface area contributed by atoms with Crippen LogP contribution in [-0.4, -0.2) is 80.6 Å². The zero-order valence-corrected chi connectivity index (χ0v) is 20.1. The summed E-state index contributed by atoms with van der Waals surface area (Å²) < 4.78 is 25.7. The Morgan fingerprint density at radius 1 is 1.09 bits per heavy atom. The molecule has 1 aromatic carbocycles. The fourth-order valence-corrected chi connectivity index (χ4v) is 5.31. The van der Waals surface area contributed by atoms with Crippen molar-refractivity contribution in [2.75, 3.05) is 41.3 Å². The van der Waals surface area contributed by atoms with E-state index in [2.05, 4.69) is 0 Å². The predicted octanol–water partition coefficient (Wildman–Crippen LogP) is 2.37. The van der Waals surface area contributed by atoms with Gasteiger partial charge in [0.15, 0.2) is 0 Å². The van der Waals surface area contributed by atoms with Gasteiger partial charge in [-0.05, 0) is 62.8 Å². The molecule has 8 nitrogen and oxygen atoms in total. The van der Waals surface area contributed by atoms with Crippen LogP contribution in [-0.2, 0) is 19.6 Å². The number of aliphatic hydroxyl groups is 1. The summed E-state index contributed by atoms with van der Waals surface area (Å²) in [4.78, 5) is 30.1. The topological polar surface area (TPSA) is 98.2 Å². The number of nitrogens with zero attached hydrogens (tertiary/aromatic N) is 3. The Hall–Kier alpha value is -2.53. The van der Waals surface area contributed by atoms with Crippen molar-refractivity contribution in [3.63, 3.8) is 0 Å². The maximum atomic E-state index is 12.9. The summed E-state index contributed by atoms with van der Waals surface area (Å²) in [5.74, 6) is -1.70. The van der Waals surface area contributed by atoms with Crippen LogP contribution in [0.4, 0.5) is 0 Å². The van der Waals surface area contributed by atoms with E-state index in [1.165, 1.54) is 54.6 Å². The number of aliphatic hydroxyl groups excluding tert-OH is 1. The summed E-state index contributed by atoms with van der Waals surface area (Å²) in [5.41, 5.74) is 0.293. The van der Waals surface area contributed by atoms with Crippen molar-refractivity contribution in [2.24, 2.45) is 0 Å². The Balaban J connectivity index is 2.03. The third-order valence-electron chi connectivity index (χ3n) is 5.26. The summed E-state index contributed by atoms with van der Waals surface area (Å²) >= 11 is 1.41. The molecule has 1 fully saturated rings. The average Bonchev–Trinajstić information content (AvgIpc) is 3.35. The van der Waals surface area contributed by atoms with E-state index in [0.29, 0.717) is 13.0 Å². The van der Waals surface area contributed by atoms with Gasteiger partial charge in [-0.3, -0.25) is 9.59 Å². The van der Waals surface area contributed by atoms with Gasteiger partial charge in [-0.2, -0.15) is 0 Å². The molecule has 10 heteroatoms. The molecule has 1 aliphatic heterocycles. The summed E-state index contributed by atoms with van der Waals surface area (Å²) in [5, 5.41) is 12.9. The van der Waals surface area contributed by atoms with E-state index >= 15 is 0 Å². The van der Waals surface area contributed by atoms with E-state index in [1.54, 1.807) is 0 Å². The quantitative estimate of drug-likeness (QED) is 0.356. The second-order valence-electron chi connectivity index (χ2n) is 7.98. The van der Waals surface area contributed by atoms with Gasteiger partial charge >= 0.3 is 0 Å². The van der Waals surface area contributed by atoms with E-state index in [-0.39, 0.29) is 21.8 Å². The molecule has 172 valence electrons. The highest BCUT2D eigenvalue weighted by Crippen LogP contribution is 2.41. The summed E-state index contributed by atoms with van der Waals surface area (Å²) in [6.45, 7) is 1.13. The minimum atomic E-state index is -3.63. The Morgan fingerprint density at radius 3 is 2.28 bits per heavy atom. The van der Waals surface area contributed by atoms with Crippen molar-refractivity contribution in [1.82, 2.24) is 14.1 Å². The van der Waals surface area contributed by atoms with Crippen molar-refractivity contribution >= 4 is 38.8 Å². The van der Waals surface area contributed by atoms with Crippen LogP contribution in [0, 0.1) is 0 Å². The molecule has 0 unspecified atom stereocenters. The number of thiophene rings is 1. The molecule has 0 aliphatic carbocycles. The van der Waals surface area contributed by atoms with Crippen molar-refractivity contribution in [1.29, 1.82) is 0 Å². The molecule has 1 N–H and O–H groups in total. The molecule has 0 bridgehead atoms. The SMILES string of the molecule is CN(C)CCCN1C(=O)C(=O)C(=C(O)c2ccc(S(=O)(=O)N(C)C)cc2)[C@@H]1c1cccs1. The highest BCUT2D eigenvalue weighted by molar-refractivity contribution is 7.89. The number of rotatable bonds is 8. The molecular weight excluding hydrogens is 450 g/mol. The first-order valence-electron chi connectivity index (χ1n) is 10.0. The van der Waals surface area contributed by atoms with Crippen LogP contribution in [0.1, 0.15) is 22.9 Å². The van der Waals surface area contributed by atoms with Crippen LogP contribution in [0.25, 0.3) is 5.76 Å². The number of hydrogen-bond donors (Lipinski definition) is 1. The van der Waals surface area contributed by atoms with E-state index in [1.807, 2.05) is 36.5 Å². The molecule has 3 rings (SSSR count). The number of hydrogen-bond acceptors (Lipinski definition) is 7. The third-order valence-corrected chi connectivity index (χ3v) is 8.02. The van der Waals surface area contributed by atoms with Gasteiger partial charge in [0, 0.05) is 31.1 Å². The van der Waals surface area contributed by atoms with E-state index in [0.717, 1.165) is 15.7 Å². The average molecular weight is 478 g/mol. The van der Waals surface area contributed by atoms with Gasteiger partial charge in [0.1, 0.15) is 5.76 Å². The number of carbonyl (C=O) groups is 2. The Kier molecular flexibility index (Phi) is 7.19. The number of sulfonamides is 1. The lowest BCUT2D eigenvalue weighted by Gasteiger charge is -2.24. The number of ketones is 1. The van der Waals surface area contributed by atoms with Crippen LogP contribution in [0.3, 0.4) is 0 Å². The first-order chi connectivity index (χ1) is 15.1. The lowest BCUT2D eigenvalue weighted by molar-refractivity contribution is -0.139. The fraction of sp³-hybridized carbons (Fsp3) is 0.364. The number of benzene rings is 1. The molecule has 1 saturated heterocycles. The van der Waals surface area contributed by atoms with Gasteiger partial charge in [0.05, 0.1) is 16.5 Å². The Morgan fingerprint density at radius 2 is 1.75 bits per heavy atom. The Labute approximate surface area is 192 Å². The van der Waals surface area contributed by atoms with E-state index in [9.17, 15) is 23.1 Å². The standard InChI is InChI=1S/C22H27N3O5S2/c1-23(2)12-6-13-25-19(17-7-5-14-31-17)18(21(27)22(25)28)20(26)15-8-10-16(11-9-15)32(29,30)24(3)4/h5,7-11,14,19,26H,6,12-13H2,1-4H3/t19-/m0/s1. The fourth-order valence-electron chi connectivity index (χ4n) is 3.56.